The molecule has 0 aliphatic rings. The van der Waals surface area contributed by atoms with Gasteiger partial charge in [-0.05, 0) is 41.0 Å². The Hall–Kier alpha value is -3.58. The number of methoxy groups -OCH3 is 1. The molecule has 0 aliphatic carbocycles. The highest BCUT2D eigenvalue weighted by molar-refractivity contribution is 7.89. The average molecular weight is 435 g/mol. The lowest BCUT2D eigenvalue weighted by atomic mass is 9.97. The van der Waals surface area contributed by atoms with E-state index >= 15 is 0 Å². The van der Waals surface area contributed by atoms with Crippen LogP contribution in [-0.2, 0) is 16.4 Å². The molecule has 1 aromatic heterocycles. The third-order valence-corrected chi connectivity index (χ3v) is 5.58. The first-order valence-electron chi connectivity index (χ1n) is 9.69. The maximum Gasteiger partial charge on any atom is 0.264 e. The van der Waals surface area contributed by atoms with E-state index in [4.69, 9.17) is 4.74 Å². The number of benzene rings is 3. The summed E-state index contributed by atoms with van der Waals surface area (Å²) in [5, 5.41) is 1.06. The largest absolute Gasteiger partial charge is 0.497 e. The molecule has 0 saturated carbocycles. The van der Waals surface area contributed by atoms with Crippen LogP contribution in [-0.4, -0.2) is 32.7 Å². The van der Waals surface area contributed by atoms with Gasteiger partial charge in [-0.25, -0.2) is 13.1 Å². The van der Waals surface area contributed by atoms with Gasteiger partial charge in [-0.15, -0.1) is 0 Å². The van der Waals surface area contributed by atoms with Crippen molar-refractivity contribution in [2.24, 2.45) is 0 Å². The highest BCUT2D eigenvalue weighted by Gasteiger charge is 2.16. The number of sulfonamides is 1. The standard InChI is InChI=1S/C24H22N2O4S/c1-30-19-11-12-20-21(23(25-22(20)15-19)17-8-4-3-5-9-17)14-16-7-6-10-18(13-16)24(27)26-31(2,28)29/h3-13,15,25H,14H2,1-2H3,(H,26,27). The molecule has 31 heavy (non-hydrogen) atoms. The van der Waals surface area contributed by atoms with Crippen molar-refractivity contribution in [1.82, 2.24) is 9.71 Å². The van der Waals surface area contributed by atoms with Gasteiger partial charge in [-0.2, -0.15) is 0 Å². The van der Waals surface area contributed by atoms with Crippen LogP contribution in [0.5, 0.6) is 5.75 Å². The van der Waals surface area contributed by atoms with E-state index in [1.165, 1.54) is 0 Å². The first-order chi connectivity index (χ1) is 14.8. The van der Waals surface area contributed by atoms with Crippen molar-refractivity contribution < 1.29 is 17.9 Å². The van der Waals surface area contributed by atoms with Gasteiger partial charge in [-0.3, -0.25) is 4.79 Å². The second-order valence-electron chi connectivity index (χ2n) is 7.34. The summed E-state index contributed by atoms with van der Waals surface area (Å²) in [5.74, 6) is 0.121. The van der Waals surface area contributed by atoms with Crippen LogP contribution in [0.15, 0.2) is 72.8 Å². The zero-order valence-corrected chi connectivity index (χ0v) is 18.0. The Morgan fingerprint density at radius 3 is 2.48 bits per heavy atom. The summed E-state index contributed by atoms with van der Waals surface area (Å²) in [6.07, 6.45) is 1.53. The highest BCUT2D eigenvalue weighted by Crippen LogP contribution is 2.34. The molecule has 0 fully saturated rings. The number of ether oxygens (including phenoxy) is 1. The molecule has 4 aromatic rings. The topological polar surface area (TPSA) is 88.3 Å². The first kappa shape index (κ1) is 20.7. The lowest BCUT2D eigenvalue weighted by Crippen LogP contribution is -2.29. The fourth-order valence-corrected chi connectivity index (χ4v) is 4.11. The third kappa shape index (κ3) is 4.62. The van der Waals surface area contributed by atoms with Crippen molar-refractivity contribution in [2.75, 3.05) is 13.4 Å². The Morgan fingerprint density at radius 1 is 1.00 bits per heavy atom. The Bertz CT molecular complexity index is 1360. The van der Waals surface area contributed by atoms with E-state index < -0.39 is 15.9 Å². The molecule has 0 aliphatic heterocycles. The van der Waals surface area contributed by atoms with Gasteiger partial charge in [0, 0.05) is 29.0 Å². The van der Waals surface area contributed by atoms with Crippen molar-refractivity contribution >= 4 is 26.8 Å². The molecule has 0 saturated heterocycles. The fraction of sp³-hybridized carbons (Fsp3) is 0.125. The molecule has 1 heterocycles. The maximum atomic E-state index is 12.3. The normalized spacial score (nSPS) is 11.4. The Morgan fingerprint density at radius 2 is 1.77 bits per heavy atom. The molecule has 3 aromatic carbocycles. The molecule has 7 heteroatoms. The zero-order valence-electron chi connectivity index (χ0n) is 17.2. The number of fused-ring (bicyclic) bond motifs is 1. The van der Waals surface area contributed by atoms with E-state index in [1.807, 2.05) is 59.3 Å². The second-order valence-corrected chi connectivity index (χ2v) is 9.09. The molecule has 2 N–H and O–H groups in total. The van der Waals surface area contributed by atoms with Crippen molar-refractivity contribution in [3.8, 4) is 17.0 Å². The van der Waals surface area contributed by atoms with Crippen molar-refractivity contribution in [1.29, 1.82) is 0 Å². The SMILES string of the molecule is COc1ccc2c(Cc3cccc(C(=O)NS(C)(=O)=O)c3)c(-c3ccccc3)[nH]c2c1. The van der Waals surface area contributed by atoms with Crippen LogP contribution >= 0.6 is 0 Å². The number of rotatable bonds is 6. The first-order valence-corrected chi connectivity index (χ1v) is 11.6. The number of aromatic nitrogens is 1. The monoisotopic (exact) mass is 434 g/mol. The lowest BCUT2D eigenvalue weighted by molar-refractivity contribution is 0.0981. The van der Waals surface area contributed by atoms with Crippen LogP contribution < -0.4 is 9.46 Å². The molecule has 0 atom stereocenters. The maximum absolute atomic E-state index is 12.3. The summed E-state index contributed by atoms with van der Waals surface area (Å²) in [7, 11) is -1.99. The molecular weight excluding hydrogens is 412 g/mol. The van der Waals surface area contributed by atoms with Crippen molar-refractivity contribution in [3.05, 3.63) is 89.5 Å². The number of hydrogen-bond acceptors (Lipinski definition) is 4. The van der Waals surface area contributed by atoms with Crippen LogP contribution in [0, 0.1) is 0 Å². The number of carbonyl (C=O) groups excluding carboxylic acids is 1. The van der Waals surface area contributed by atoms with E-state index in [1.54, 1.807) is 25.3 Å². The summed E-state index contributed by atoms with van der Waals surface area (Å²) in [6, 6.07) is 22.9. The predicted molar refractivity (Wildman–Crippen MR) is 122 cm³/mol. The Labute approximate surface area is 180 Å². The Kier molecular flexibility index (Phi) is 5.52. The minimum atomic E-state index is -3.63. The van der Waals surface area contributed by atoms with Gasteiger partial charge in [0.15, 0.2) is 0 Å². The molecule has 0 radical (unpaired) electrons. The van der Waals surface area contributed by atoms with Gasteiger partial charge in [0.25, 0.3) is 5.91 Å². The van der Waals surface area contributed by atoms with Crippen LogP contribution in [0.4, 0.5) is 0 Å². The molecule has 158 valence electrons. The van der Waals surface area contributed by atoms with E-state index in [-0.39, 0.29) is 0 Å². The summed E-state index contributed by atoms with van der Waals surface area (Å²) in [5.41, 5.74) is 5.29. The summed E-state index contributed by atoms with van der Waals surface area (Å²) < 4.78 is 30.2. The van der Waals surface area contributed by atoms with Crippen molar-refractivity contribution in [3.63, 3.8) is 0 Å². The number of amides is 1. The van der Waals surface area contributed by atoms with E-state index in [2.05, 4.69) is 4.98 Å². The van der Waals surface area contributed by atoms with E-state index in [0.29, 0.717) is 12.0 Å². The third-order valence-electron chi connectivity index (χ3n) is 5.02. The minimum Gasteiger partial charge on any atom is -0.497 e. The summed E-state index contributed by atoms with van der Waals surface area (Å²) >= 11 is 0. The number of nitrogens with one attached hydrogen (secondary N) is 2. The zero-order chi connectivity index (χ0) is 22.0. The predicted octanol–water partition coefficient (Wildman–Crippen LogP) is 4.12. The molecule has 0 unspecified atom stereocenters. The fourth-order valence-electron chi connectivity index (χ4n) is 3.65. The molecular formula is C24H22N2O4S. The number of H-pyrrole nitrogens is 1. The molecule has 0 spiro atoms. The average Bonchev–Trinajstić information content (AvgIpc) is 3.11. The highest BCUT2D eigenvalue weighted by atomic mass is 32.2. The van der Waals surface area contributed by atoms with Gasteiger partial charge in [0.1, 0.15) is 5.75 Å². The molecule has 1 amide bonds. The van der Waals surface area contributed by atoms with Gasteiger partial charge in [-0.1, -0.05) is 42.5 Å². The van der Waals surface area contributed by atoms with E-state index in [9.17, 15) is 13.2 Å². The Balaban J connectivity index is 1.78. The molecule has 0 bridgehead atoms. The second kappa shape index (κ2) is 8.28. The smallest absolute Gasteiger partial charge is 0.264 e. The lowest BCUT2D eigenvalue weighted by Gasteiger charge is -2.08. The van der Waals surface area contributed by atoms with Gasteiger partial charge >= 0.3 is 0 Å². The van der Waals surface area contributed by atoms with Gasteiger partial charge < -0.3 is 9.72 Å². The van der Waals surface area contributed by atoms with Crippen LogP contribution in [0.25, 0.3) is 22.2 Å². The van der Waals surface area contributed by atoms with Gasteiger partial charge in [0.05, 0.1) is 19.1 Å². The minimum absolute atomic E-state index is 0.297. The van der Waals surface area contributed by atoms with Gasteiger partial charge in [0.2, 0.25) is 10.0 Å². The quantitative estimate of drug-likeness (QED) is 0.478. The van der Waals surface area contributed by atoms with Crippen LogP contribution in [0.2, 0.25) is 0 Å². The number of carbonyl (C=O) groups is 1. The number of hydrogen-bond donors (Lipinski definition) is 2. The summed E-state index contributed by atoms with van der Waals surface area (Å²) in [4.78, 5) is 15.8. The molecule has 6 nitrogen and oxygen atoms in total. The summed E-state index contributed by atoms with van der Waals surface area (Å²) in [6.45, 7) is 0. The number of aromatic amines is 1. The molecule has 4 rings (SSSR count). The van der Waals surface area contributed by atoms with Crippen LogP contribution in [0.3, 0.4) is 0 Å². The van der Waals surface area contributed by atoms with E-state index in [0.717, 1.165) is 45.3 Å². The van der Waals surface area contributed by atoms with Crippen molar-refractivity contribution in [2.45, 2.75) is 6.42 Å². The van der Waals surface area contributed by atoms with Crippen LogP contribution in [0.1, 0.15) is 21.5 Å².